The Hall–Kier alpha value is 0.110. The van der Waals surface area contributed by atoms with Gasteiger partial charge in [-0.2, -0.15) is 11.8 Å². The molecule has 0 spiro atoms. The second-order valence-corrected chi connectivity index (χ2v) is 6.92. The van der Waals surface area contributed by atoms with E-state index in [4.69, 9.17) is 23.2 Å². The van der Waals surface area contributed by atoms with Gasteiger partial charge in [-0.1, -0.05) is 23.2 Å². The lowest BCUT2D eigenvalue weighted by Gasteiger charge is -2.13. The van der Waals surface area contributed by atoms with Crippen molar-refractivity contribution < 1.29 is 5.11 Å². The summed E-state index contributed by atoms with van der Waals surface area (Å²) in [5.74, 6) is 1.88. The van der Waals surface area contributed by atoms with Crippen LogP contribution in [0.25, 0.3) is 0 Å². The number of thioether (sulfide) groups is 1. The Kier molecular flexibility index (Phi) is 14.4. The summed E-state index contributed by atoms with van der Waals surface area (Å²) in [7, 11) is 0. The highest BCUT2D eigenvalue weighted by Crippen LogP contribution is 2.23. The van der Waals surface area contributed by atoms with Gasteiger partial charge in [-0.15, -0.1) is 24.0 Å². The van der Waals surface area contributed by atoms with Gasteiger partial charge in [0.05, 0.1) is 12.6 Å². The number of benzene rings is 1. The Morgan fingerprint density at radius 2 is 1.88 bits per heavy atom. The van der Waals surface area contributed by atoms with Crippen LogP contribution in [0.15, 0.2) is 23.2 Å². The average Bonchev–Trinajstić information content (AvgIpc) is 2.51. The molecule has 3 N–H and O–H groups in total. The van der Waals surface area contributed by atoms with E-state index in [2.05, 4.69) is 21.9 Å². The van der Waals surface area contributed by atoms with Gasteiger partial charge < -0.3 is 15.7 Å². The zero-order chi connectivity index (χ0) is 17.1. The number of rotatable bonds is 9. The van der Waals surface area contributed by atoms with Gasteiger partial charge in [-0.05, 0) is 55.5 Å². The molecule has 0 saturated carbocycles. The van der Waals surface area contributed by atoms with Gasteiger partial charge in [0, 0.05) is 23.1 Å². The van der Waals surface area contributed by atoms with Gasteiger partial charge >= 0.3 is 0 Å². The fraction of sp³-hybridized carbons (Fsp3) is 0.562. The number of nitrogens with one attached hydrogen (secondary N) is 2. The second kappa shape index (κ2) is 14.3. The number of aliphatic imine (C=N–C) groups is 1. The number of aliphatic hydroxyl groups excluding tert-OH is 1. The first-order chi connectivity index (χ1) is 11.1. The molecule has 1 unspecified atom stereocenters. The van der Waals surface area contributed by atoms with E-state index in [1.54, 1.807) is 18.2 Å². The van der Waals surface area contributed by atoms with E-state index in [9.17, 15) is 5.11 Å². The topological polar surface area (TPSA) is 56.7 Å². The summed E-state index contributed by atoms with van der Waals surface area (Å²) in [6.07, 6.45) is 3.65. The monoisotopic (exact) mass is 505 g/mol. The third kappa shape index (κ3) is 10.2. The summed E-state index contributed by atoms with van der Waals surface area (Å²) in [6.45, 7) is 3.90. The van der Waals surface area contributed by atoms with E-state index in [-0.39, 0.29) is 30.5 Å². The van der Waals surface area contributed by atoms with Crippen molar-refractivity contribution in [2.45, 2.75) is 25.9 Å². The third-order valence-corrected chi connectivity index (χ3v) is 4.24. The molecule has 1 aromatic carbocycles. The van der Waals surface area contributed by atoms with Gasteiger partial charge in [0.15, 0.2) is 5.96 Å². The zero-order valence-electron chi connectivity index (χ0n) is 14.0. The van der Waals surface area contributed by atoms with Crippen LogP contribution < -0.4 is 10.6 Å². The second-order valence-electron chi connectivity index (χ2n) is 5.06. The minimum Gasteiger partial charge on any atom is -0.386 e. The van der Waals surface area contributed by atoms with Crippen LogP contribution in [0, 0.1) is 0 Å². The van der Waals surface area contributed by atoms with Crippen molar-refractivity contribution in [2.75, 3.05) is 31.6 Å². The van der Waals surface area contributed by atoms with Crippen molar-refractivity contribution in [1.82, 2.24) is 10.6 Å². The molecule has 1 rings (SSSR count). The van der Waals surface area contributed by atoms with Crippen LogP contribution in [0.4, 0.5) is 0 Å². The lowest BCUT2D eigenvalue weighted by molar-refractivity contribution is 0.187. The molecule has 0 aliphatic heterocycles. The van der Waals surface area contributed by atoms with Gasteiger partial charge in [-0.25, -0.2) is 0 Å². The minimum atomic E-state index is -0.738. The molecule has 0 aliphatic carbocycles. The summed E-state index contributed by atoms with van der Waals surface area (Å²) >= 11 is 13.8. The summed E-state index contributed by atoms with van der Waals surface area (Å²) in [6, 6.07) is 5.05. The fourth-order valence-electron chi connectivity index (χ4n) is 1.97. The quantitative estimate of drug-likeness (QED) is 0.202. The molecule has 1 atom stereocenters. The van der Waals surface area contributed by atoms with Crippen molar-refractivity contribution in [2.24, 2.45) is 4.99 Å². The van der Waals surface area contributed by atoms with Crippen molar-refractivity contribution >= 4 is 64.9 Å². The van der Waals surface area contributed by atoms with Crippen LogP contribution >= 0.6 is 58.9 Å². The van der Waals surface area contributed by atoms with E-state index in [1.807, 2.05) is 18.7 Å². The van der Waals surface area contributed by atoms with Crippen LogP contribution in [-0.2, 0) is 0 Å². The largest absolute Gasteiger partial charge is 0.386 e. The molecule has 138 valence electrons. The predicted molar refractivity (Wildman–Crippen MR) is 118 cm³/mol. The highest BCUT2D eigenvalue weighted by molar-refractivity contribution is 14.0. The van der Waals surface area contributed by atoms with Gasteiger partial charge in [-0.3, -0.25) is 4.99 Å². The Morgan fingerprint density at radius 3 is 2.46 bits per heavy atom. The highest BCUT2D eigenvalue weighted by Gasteiger charge is 2.09. The Labute approximate surface area is 176 Å². The van der Waals surface area contributed by atoms with Crippen molar-refractivity contribution in [3.8, 4) is 0 Å². The summed E-state index contributed by atoms with van der Waals surface area (Å²) in [5.41, 5.74) is 0.669. The number of hydrogen-bond acceptors (Lipinski definition) is 3. The fourth-order valence-corrected chi connectivity index (χ4v) is 3.01. The number of nitrogens with zero attached hydrogens (tertiary/aromatic N) is 1. The number of guanidine groups is 1. The number of aliphatic hydroxyl groups is 1. The highest BCUT2D eigenvalue weighted by atomic mass is 127. The van der Waals surface area contributed by atoms with E-state index in [0.717, 1.165) is 19.5 Å². The molecule has 0 bridgehead atoms. The maximum atomic E-state index is 10.2. The van der Waals surface area contributed by atoms with E-state index in [1.165, 1.54) is 12.2 Å². The maximum absolute atomic E-state index is 10.2. The Bertz CT molecular complexity index is 486. The molecule has 0 fully saturated rings. The molecular formula is C16H26Cl2IN3OS. The summed E-state index contributed by atoms with van der Waals surface area (Å²) in [4.78, 5) is 4.42. The number of hydrogen-bond donors (Lipinski definition) is 3. The van der Waals surface area contributed by atoms with Crippen molar-refractivity contribution in [1.29, 1.82) is 0 Å². The molecule has 0 amide bonds. The number of halogens is 3. The molecule has 24 heavy (non-hydrogen) atoms. The lowest BCUT2D eigenvalue weighted by Crippen LogP contribution is -2.38. The minimum absolute atomic E-state index is 0. The molecule has 0 aromatic heterocycles. The number of unbranched alkanes of at least 4 members (excludes halogenated alkanes) is 1. The summed E-state index contributed by atoms with van der Waals surface area (Å²) in [5, 5.41) is 17.7. The van der Waals surface area contributed by atoms with Gasteiger partial charge in [0.1, 0.15) is 0 Å². The SMILES string of the molecule is CCNC(=NCC(O)c1cc(Cl)cc(Cl)c1)NCCCCSC.I. The first kappa shape index (κ1) is 24.1. The maximum Gasteiger partial charge on any atom is 0.191 e. The van der Waals surface area contributed by atoms with Crippen LogP contribution in [0.2, 0.25) is 10.0 Å². The Morgan fingerprint density at radius 1 is 1.21 bits per heavy atom. The smallest absolute Gasteiger partial charge is 0.191 e. The van der Waals surface area contributed by atoms with Crippen molar-refractivity contribution in [3.05, 3.63) is 33.8 Å². The third-order valence-electron chi connectivity index (χ3n) is 3.10. The molecule has 1 aromatic rings. The summed E-state index contributed by atoms with van der Waals surface area (Å²) < 4.78 is 0. The zero-order valence-corrected chi connectivity index (χ0v) is 18.7. The average molecular weight is 506 g/mol. The van der Waals surface area contributed by atoms with Gasteiger partial charge in [0.2, 0.25) is 0 Å². The molecule has 0 heterocycles. The van der Waals surface area contributed by atoms with E-state index >= 15 is 0 Å². The van der Waals surface area contributed by atoms with Crippen LogP contribution in [0.3, 0.4) is 0 Å². The van der Waals surface area contributed by atoms with Crippen LogP contribution in [0.1, 0.15) is 31.4 Å². The molecule has 0 saturated heterocycles. The molecular weight excluding hydrogens is 480 g/mol. The van der Waals surface area contributed by atoms with E-state index < -0.39 is 6.10 Å². The van der Waals surface area contributed by atoms with E-state index in [0.29, 0.717) is 21.6 Å². The standard InChI is InChI=1S/C16H25Cl2N3OS.HI/c1-3-19-16(20-6-4-5-7-23-2)21-11-15(22)12-8-13(17)10-14(18)9-12;/h8-10,15,22H,3-7,11H2,1-2H3,(H2,19,20,21);1H. The normalized spacial score (nSPS) is 12.5. The molecule has 8 heteroatoms. The Balaban J connectivity index is 0.00000529. The van der Waals surface area contributed by atoms with Crippen LogP contribution in [-0.4, -0.2) is 42.7 Å². The van der Waals surface area contributed by atoms with Gasteiger partial charge in [0.25, 0.3) is 0 Å². The first-order valence-corrected chi connectivity index (χ1v) is 9.87. The molecule has 4 nitrogen and oxygen atoms in total. The predicted octanol–water partition coefficient (Wildman–Crippen LogP) is 4.34. The lowest BCUT2D eigenvalue weighted by atomic mass is 10.1. The molecule has 0 radical (unpaired) electrons. The van der Waals surface area contributed by atoms with Crippen LogP contribution in [0.5, 0.6) is 0 Å². The van der Waals surface area contributed by atoms with Crippen molar-refractivity contribution in [3.63, 3.8) is 0 Å². The molecule has 0 aliphatic rings. The first-order valence-electron chi connectivity index (χ1n) is 7.72.